The Morgan fingerprint density at radius 2 is 1.64 bits per heavy atom. The predicted octanol–water partition coefficient (Wildman–Crippen LogP) is 0.0105. The summed E-state index contributed by atoms with van der Waals surface area (Å²) < 4.78 is 8.19. The van der Waals surface area contributed by atoms with Crippen molar-refractivity contribution in [3.63, 3.8) is 0 Å². The van der Waals surface area contributed by atoms with Crippen LogP contribution in [0, 0.1) is 0 Å². The zero-order chi connectivity index (χ0) is 9.02. The first kappa shape index (κ1) is 11.4. The van der Waals surface area contributed by atoms with Gasteiger partial charge in [-0.1, -0.05) is 0 Å². The maximum atomic E-state index is 3.63. The zero-order valence-corrected chi connectivity index (χ0v) is 10.5. The summed E-state index contributed by atoms with van der Waals surface area (Å²) in [4.78, 5) is 0. The van der Waals surface area contributed by atoms with Crippen LogP contribution in [0.1, 0.15) is 0 Å². The fourth-order valence-electron chi connectivity index (χ4n) is 0.501. The van der Waals surface area contributed by atoms with Crippen LogP contribution in [0.15, 0.2) is 0 Å². The standard InChI is InChI=1S/C6H21N3SSi/c1-8(2)10(5)7-11(6)9(3)4/h7,10-11H,1-6H3. The molecule has 0 radical (unpaired) electrons. The van der Waals surface area contributed by atoms with E-state index in [1.807, 2.05) is 0 Å². The molecule has 11 heavy (non-hydrogen) atoms. The van der Waals surface area contributed by atoms with E-state index >= 15 is 0 Å². The summed E-state index contributed by atoms with van der Waals surface area (Å²) in [6.45, 7) is 2.31. The van der Waals surface area contributed by atoms with Crippen LogP contribution >= 0.6 is 11.3 Å². The third kappa shape index (κ3) is 4.81. The van der Waals surface area contributed by atoms with Crippen molar-refractivity contribution in [1.29, 1.82) is 0 Å². The molecule has 0 aromatic heterocycles. The highest BCUT2D eigenvalue weighted by molar-refractivity contribution is 8.13. The third-order valence-corrected chi connectivity index (χ3v) is 7.49. The van der Waals surface area contributed by atoms with Crippen molar-refractivity contribution in [2.75, 3.05) is 34.4 Å². The Morgan fingerprint density at radius 1 is 1.18 bits per heavy atom. The molecule has 3 nitrogen and oxygen atoms in total. The quantitative estimate of drug-likeness (QED) is 0.487. The van der Waals surface area contributed by atoms with E-state index in [2.05, 4.69) is 54.3 Å². The smallest absolute Gasteiger partial charge is 0.192 e. The van der Waals surface area contributed by atoms with E-state index in [1.54, 1.807) is 0 Å². The largest absolute Gasteiger partial charge is 0.319 e. The van der Waals surface area contributed by atoms with Gasteiger partial charge in [0.1, 0.15) is 0 Å². The van der Waals surface area contributed by atoms with Crippen molar-refractivity contribution in [2.24, 2.45) is 0 Å². The average molecular weight is 195 g/mol. The molecular weight excluding hydrogens is 174 g/mol. The first-order valence-electron chi connectivity index (χ1n) is 3.78. The van der Waals surface area contributed by atoms with Crippen LogP contribution in [0.2, 0.25) is 6.55 Å². The van der Waals surface area contributed by atoms with Crippen LogP contribution in [-0.4, -0.2) is 52.4 Å². The van der Waals surface area contributed by atoms with E-state index in [0.717, 1.165) is 0 Å². The molecule has 0 aliphatic heterocycles. The van der Waals surface area contributed by atoms with E-state index in [4.69, 9.17) is 0 Å². The Labute approximate surface area is 75.1 Å². The molecule has 0 aromatic carbocycles. The van der Waals surface area contributed by atoms with E-state index in [0.29, 0.717) is 0 Å². The minimum absolute atomic E-state index is 0.108. The summed E-state index contributed by atoms with van der Waals surface area (Å²) in [5, 5.41) is 0. The monoisotopic (exact) mass is 195 g/mol. The lowest BCUT2D eigenvalue weighted by molar-refractivity contribution is 0.632. The minimum atomic E-state index is -0.819. The fraction of sp³-hybridized carbons (Fsp3) is 1.00. The highest BCUT2D eigenvalue weighted by Crippen LogP contribution is 2.16. The van der Waals surface area contributed by atoms with Gasteiger partial charge in [0.2, 0.25) is 0 Å². The van der Waals surface area contributed by atoms with Gasteiger partial charge in [-0.05, 0) is 41.0 Å². The van der Waals surface area contributed by atoms with Crippen molar-refractivity contribution in [1.82, 2.24) is 13.3 Å². The molecule has 70 valence electrons. The van der Waals surface area contributed by atoms with E-state index in [9.17, 15) is 0 Å². The third-order valence-electron chi connectivity index (χ3n) is 1.75. The van der Waals surface area contributed by atoms with Crippen molar-refractivity contribution >= 4 is 20.4 Å². The zero-order valence-electron chi connectivity index (χ0n) is 8.42. The molecule has 1 N–H and O–H groups in total. The second kappa shape index (κ2) is 5.16. The van der Waals surface area contributed by atoms with Gasteiger partial charge in [-0.15, -0.1) is 0 Å². The van der Waals surface area contributed by atoms with Crippen molar-refractivity contribution in [3.05, 3.63) is 0 Å². The Bertz CT molecular complexity index is 98.0. The molecule has 0 bridgehead atoms. The highest BCUT2D eigenvalue weighted by Gasteiger charge is 2.08. The number of hydrogen-bond donors (Lipinski definition) is 2. The topological polar surface area (TPSA) is 18.5 Å². The van der Waals surface area contributed by atoms with Gasteiger partial charge in [0.15, 0.2) is 9.12 Å². The van der Waals surface area contributed by atoms with Gasteiger partial charge < -0.3 is 4.57 Å². The van der Waals surface area contributed by atoms with Crippen LogP contribution in [0.5, 0.6) is 0 Å². The maximum absolute atomic E-state index is 3.63. The first-order valence-corrected chi connectivity index (χ1v) is 7.77. The fourth-order valence-corrected chi connectivity index (χ4v) is 4.51. The Morgan fingerprint density at radius 3 is 1.91 bits per heavy atom. The molecule has 2 atom stereocenters. The normalized spacial score (nSPS) is 19.1. The van der Waals surface area contributed by atoms with Crippen LogP contribution < -0.4 is 4.39 Å². The number of rotatable bonds is 4. The molecule has 0 heterocycles. The lowest BCUT2D eigenvalue weighted by atomic mass is 11.3. The molecule has 0 aliphatic rings. The number of hydrogen-bond acceptors (Lipinski definition) is 3. The Kier molecular flexibility index (Phi) is 5.37. The summed E-state index contributed by atoms with van der Waals surface area (Å²) in [5.41, 5.74) is 0. The van der Waals surface area contributed by atoms with E-state index in [1.165, 1.54) is 0 Å². The van der Waals surface area contributed by atoms with E-state index in [-0.39, 0.29) is 11.3 Å². The van der Waals surface area contributed by atoms with Crippen molar-refractivity contribution < 1.29 is 0 Å². The van der Waals surface area contributed by atoms with Gasteiger partial charge in [-0.2, -0.15) is 11.3 Å². The molecule has 0 rings (SSSR count). The number of thiol groups is 1. The molecule has 0 aliphatic carbocycles. The lowest BCUT2D eigenvalue weighted by Crippen LogP contribution is -2.43. The molecule has 0 aromatic rings. The number of nitrogens with zero attached hydrogens (tertiary/aromatic N) is 2. The molecule has 2 unspecified atom stereocenters. The second-order valence-electron chi connectivity index (χ2n) is 3.14. The van der Waals surface area contributed by atoms with Crippen LogP contribution in [0.25, 0.3) is 0 Å². The van der Waals surface area contributed by atoms with Crippen LogP contribution in [0.4, 0.5) is 0 Å². The molecule has 5 heteroatoms. The maximum Gasteiger partial charge on any atom is 0.192 e. The highest BCUT2D eigenvalue weighted by atomic mass is 32.2. The number of nitrogens with one attached hydrogen (secondary N) is 1. The molecule has 0 fully saturated rings. The van der Waals surface area contributed by atoms with Gasteiger partial charge in [-0.25, -0.2) is 0 Å². The summed E-state index contributed by atoms with van der Waals surface area (Å²) >= 11 is -0.108. The molecule has 0 amide bonds. The second-order valence-corrected chi connectivity index (χ2v) is 8.40. The average Bonchev–Trinajstić information content (AvgIpc) is 1.87. The molecule has 0 saturated carbocycles. The van der Waals surface area contributed by atoms with Crippen molar-refractivity contribution in [2.45, 2.75) is 6.55 Å². The summed E-state index contributed by atoms with van der Waals surface area (Å²) in [5.74, 6) is 0. The molecular formula is C6H21N3SSi. The summed E-state index contributed by atoms with van der Waals surface area (Å²) in [7, 11) is 7.71. The SMILES string of the molecule is CN(C)[SiH](C)N[SH](C)N(C)C. The van der Waals surface area contributed by atoms with Crippen LogP contribution in [0.3, 0.4) is 0 Å². The predicted molar refractivity (Wildman–Crippen MR) is 58.4 cm³/mol. The summed E-state index contributed by atoms with van der Waals surface area (Å²) in [6.07, 6.45) is 2.25. The Balaban J connectivity index is 3.66. The Hall–Kier alpha value is 0.447. The van der Waals surface area contributed by atoms with Gasteiger partial charge >= 0.3 is 0 Å². The minimum Gasteiger partial charge on any atom is -0.319 e. The first-order chi connectivity index (χ1) is 4.95. The van der Waals surface area contributed by atoms with Gasteiger partial charge in [0.25, 0.3) is 0 Å². The van der Waals surface area contributed by atoms with Gasteiger partial charge in [-0.3, -0.25) is 8.69 Å². The lowest BCUT2D eigenvalue weighted by Gasteiger charge is -2.30. The van der Waals surface area contributed by atoms with Crippen LogP contribution in [-0.2, 0) is 0 Å². The van der Waals surface area contributed by atoms with E-state index < -0.39 is 9.12 Å². The summed E-state index contributed by atoms with van der Waals surface area (Å²) in [6, 6.07) is 0. The van der Waals surface area contributed by atoms with Gasteiger partial charge in [0, 0.05) is 0 Å². The van der Waals surface area contributed by atoms with Gasteiger partial charge in [0.05, 0.1) is 0 Å². The molecule has 0 saturated heterocycles. The van der Waals surface area contributed by atoms with Crippen molar-refractivity contribution in [3.8, 4) is 0 Å². The molecule has 0 spiro atoms.